The summed E-state index contributed by atoms with van der Waals surface area (Å²) in [5.74, 6) is -0.244. The number of ether oxygens (including phenoxy) is 1. The predicted octanol–water partition coefficient (Wildman–Crippen LogP) is 3.99. The first kappa shape index (κ1) is 13.7. The largest absolute Gasteiger partial charge is 0.370 e. The van der Waals surface area contributed by atoms with Crippen molar-refractivity contribution < 1.29 is 9.13 Å². The van der Waals surface area contributed by atoms with Gasteiger partial charge in [0.05, 0.1) is 18.8 Å². The van der Waals surface area contributed by atoms with Crippen LogP contribution in [0.1, 0.15) is 23.3 Å². The number of hydrogen-bond donors (Lipinski definition) is 1. The van der Waals surface area contributed by atoms with Crippen molar-refractivity contribution in [3.8, 4) is 0 Å². The van der Waals surface area contributed by atoms with Crippen molar-refractivity contribution in [3.05, 3.63) is 69.9 Å². The Morgan fingerprint density at radius 2 is 1.95 bits per heavy atom. The van der Waals surface area contributed by atoms with E-state index in [1.54, 1.807) is 6.07 Å². The van der Waals surface area contributed by atoms with Gasteiger partial charge in [0.25, 0.3) is 0 Å². The van der Waals surface area contributed by atoms with Crippen LogP contribution in [0, 0.1) is 5.82 Å². The highest BCUT2D eigenvalue weighted by Crippen LogP contribution is 2.30. The highest BCUT2D eigenvalue weighted by molar-refractivity contribution is 9.10. The number of morpholine rings is 1. The molecular weight excluding hydrogens is 321 g/mol. The topological polar surface area (TPSA) is 21.3 Å². The summed E-state index contributed by atoms with van der Waals surface area (Å²) in [6, 6.07) is 15.2. The van der Waals surface area contributed by atoms with E-state index in [0.29, 0.717) is 13.2 Å². The van der Waals surface area contributed by atoms with E-state index < -0.39 is 0 Å². The van der Waals surface area contributed by atoms with E-state index in [2.05, 4.69) is 33.4 Å². The lowest BCUT2D eigenvalue weighted by atomic mass is 10.0. The van der Waals surface area contributed by atoms with Crippen molar-refractivity contribution in [1.29, 1.82) is 0 Å². The van der Waals surface area contributed by atoms with Crippen molar-refractivity contribution in [1.82, 2.24) is 5.32 Å². The molecule has 4 heteroatoms. The second kappa shape index (κ2) is 6.04. The Morgan fingerprint density at radius 1 is 1.15 bits per heavy atom. The van der Waals surface area contributed by atoms with E-state index in [-0.39, 0.29) is 18.0 Å². The third kappa shape index (κ3) is 2.92. The molecule has 0 saturated carbocycles. The molecule has 1 aliphatic rings. The van der Waals surface area contributed by atoms with E-state index in [1.807, 2.05) is 18.2 Å². The Bertz CT molecular complexity index is 582. The van der Waals surface area contributed by atoms with Gasteiger partial charge in [-0.1, -0.05) is 52.3 Å². The van der Waals surface area contributed by atoms with Gasteiger partial charge >= 0.3 is 0 Å². The molecule has 1 saturated heterocycles. The van der Waals surface area contributed by atoms with Crippen LogP contribution < -0.4 is 5.32 Å². The van der Waals surface area contributed by atoms with Crippen molar-refractivity contribution in [2.75, 3.05) is 13.2 Å². The Hall–Kier alpha value is -1.23. The zero-order chi connectivity index (χ0) is 13.9. The number of rotatable bonds is 2. The first-order chi connectivity index (χ1) is 9.74. The molecule has 2 nitrogen and oxygen atoms in total. The van der Waals surface area contributed by atoms with Gasteiger partial charge < -0.3 is 10.1 Å². The molecule has 0 aromatic heterocycles. The SMILES string of the molecule is Fc1ccc(C2CNC(c3ccccc3)CO2)c(Br)c1. The van der Waals surface area contributed by atoms with Crippen LogP contribution in [-0.2, 0) is 4.74 Å². The molecule has 104 valence electrons. The van der Waals surface area contributed by atoms with E-state index in [1.165, 1.54) is 17.7 Å². The van der Waals surface area contributed by atoms with Gasteiger partial charge in [0, 0.05) is 11.0 Å². The van der Waals surface area contributed by atoms with E-state index >= 15 is 0 Å². The summed E-state index contributed by atoms with van der Waals surface area (Å²) in [6.07, 6.45) is -0.0510. The standard InChI is InChI=1S/C16H15BrFNO/c17-14-8-12(18)6-7-13(14)16-9-19-15(10-20-16)11-4-2-1-3-5-11/h1-8,15-16,19H,9-10H2. The molecule has 20 heavy (non-hydrogen) atoms. The quantitative estimate of drug-likeness (QED) is 0.895. The first-order valence-corrected chi connectivity index (χ1v) is 7.38. The average Bonchev–Trinajstić information content (AvgIpc) is 2.48. The minimum absolute atomic E-state index is 0.0510. The normalized spacial score (nSPS) is 22.7. The van der Waals surface area contributed by atoms with Crippen molar-refractivity contribution in [2.24, 2.45) is 0 Å². The minimum atomic E-state index is -0.244. The average molecular weight is 336 g/mol. The minimum Gasteiger partial charge on any atom is -0.370 e. The van der Waals surface area contributed by atoms with Crippen LogP contribution in [0.15, 0.2) is 53.0 Å². The molecule has 3 rings (SSSR count). The third-order valence-electron chi connectivity index (χ3n) is 3.53. The van der Waals surface area contributed by atoms with Crippen molar-refractivity contribution in [3.63, 3.8) is 0 Å². The maximum atomic E-state index is 13.1. The second-order valence-electron chi connectivity index (χ2n) is 4.86. The summed E-state index contributed by atoms with van der Waals surface area (Å²) < 4.78 is 19.8. The molecule has 2 aromatic rings. The van der Waals surface area contributed by atoms with Crippen LogP contribution in [0.3, 0.4) is 0 Å². The van der Waals surface area contributed by atoms with Gasteiger partial charge in [0.15, 0.2) is 0 Å². The van der Waals surface area contributed by atoms with Crippen LogP contribution in [0.2, 0.25) is 0 Å². The summed E-state index contributed by atoms with van der Waals surface area (Å²) in [5.41, 5.74) is 2.20. The molecule has 1 aliphatic heterocycles. The molecule has 0 aliphatic carbocycles. The van der Waals surface area contributed by atoms with Crippen molar-refractivity contribution >= 4 is 15.9 Å². The lowest BCUT2D eigenvalue weighted by Crippen LogP contribution is -2.36. The van der Waals surface area contributed by atoms with Crippen molar-refractivity contribution in [2.45, 2.75) is 12.1 Å². The monoisotopic (exact) mass is 335 g/mol. The maximum Gasteiger partial charge on any atom is 0.124 e. The summed E-state index contributed by atoms with van der Waals surface area (Å²) in [4.78, 5) is 0. The van der Waals surface area contributed by atoms with Gasteiger partial charge in [-0.2, -0.15) is 0 Å². The molecule has 1 fully saturated rings. The molecule has 0 bridgehead atoms. The van der Waals surface area contributed by atoms with Crippen LogP contribution in [0.25, 0.3) is 0 Å². The molecule has 2 atom stereocenters. The Morgan fingerprint density at radius 3 is 2.60 bits per heavy atom. The van der Waals surface area contributed by atoms with Gasteiger partial charge in [-0.15, -0.1) is 0 Å². The Kier molecular flexibility index (Phi) is 4.15. The van der Waals surface area contributed by atoms with Gasteiger partial charge in [0.1, 0.15) is 5.82 Å². The number of benzene rings is 2. The number of halogens is 2. The maximum absolute atomic E-state index is 13.1. The lowest BCUT2D eigenvalue weighted by Gasteiger charge is -2.31. The first-order valence-electron chi connectivity index (χ1n) is 6.59. The molecule has 0 amide bonds. The summed E-state index contributed by atoms with van der Waals surface area (Å²) in [6.45, 7) is 1.32. The molecule has 1 heterocycles. The van der Waals surface area contributed by atoms with Crippen LogP contribution in [0.4, 0.5) is 4.39 Å². The fraction of sp³-hybridized carbons (Fsp3) is 0.250. The Balaban J connectivity index is 1.69. The zero-order valence-corrected chi connectivity index (χ0v) is 12.4. The third-order valence-corrected chi connectivity index (χ3v) is 4.21. The van der Waals surface area contributed by atoms with Gasteiger partial charge in [0.2, 0.25) is 0 Å². The molecule has 2 unspecified atom stereocenters. The summed E-state index contributed by atoms with van der Waals surface area (Å²) in [5, 5.41) is 3.49. The van der Waals surface area contributed by atoms with Crippen LogP contribution >= 0.6 is 15.9 Å². The van der Waals surface area contributed by atoms with Gasteiger partial charge in [-0.05, 0) is 23.3 Å². The van der Waals surface area contributed by atoms with E-state index in [4.69, 9.17) is 4.74 Å². The molecular formula is C16H15BrFNO. The fourth-order valence-corrected chi connectivity index (χ4v) is 3.05. The van der Waals surface area contributed by atoms with E-state index in [0.717, 1.165) is 10.0 Å². The molecule has 0 spiro atoms. The fourth-order valence-electron chi connectivity index (χ4n) is 2.44. The lowest BCUT2D eigenvalue weighted by molar-refractivity contribution is 0.00195. The van der Waals surface area contributed by atoms with Crippen LogP contribution in [-0.4, -0.2) is 13.2 Å². The van der Waals surface area contributed by atoms with E-state index in [9.17, 15) is 4.39 Å². The molecule has 2 aromatic carbocycles. The van der Waals surface area contributed by atoms with Gasteiger partial charge in [-0.25, -0.2) is 4.39 Å². The van der Waals surface area contributed by atoms with Gasteiger partial charge in [-0.3, -0.25) is 0 Å². The highest BCUT2D eigenvalue weighted by atomic mass is 79.9. The Labute approximate surface area is 126 Å². The predicted molar refractivity (Wildman–Crippen MR) is 80.0 cm³/mol. The molecule has 1 N–H and O–H groups in total. The smallest absolute Gasteiger partial charge is 0.124 e. The summed E-state index contributed by atoms with van der Waals surface area (Å²) in [7, 11) is 0. The van der Waals surface area contributed by atoms with Crippen LogP contribution in [0.5, 0.6) is 0 Å². The molecule has 0 radical (unpaired) electrons. The highest BCUT2D eigenvalue weighted by Gasteiger charge is 2.24. The number of nitrogens with one attached hydrogen (secondary N) is 1. The number of hydrogen-bond acceptors (Lipinski definition) is 2. The summed E-state index contributed by atoms with van der Waals surface area (Å²) >= 11 is 3.39. The second-order valence-corrected chi connectivity index (χ2v) is 5.71. The zero-order valence-electron chi connectivity index (χ0n) is 10.9.